The van der Waals surface area contributed by atoms with Crippen LogP contribution in [0.2, 0.25) is 0 Å². The molecule has 0 saturated carbocycles. The van der Waals surface area contributed by atoms with Crippen molar-refractivity contribution in [2.75, 3.05) is 5.32 Å². The van der Waals surface area contributed by atoms with Gasteiger partial charge in [-0.05, 0) is 36.4 Å². The molecule has 0 saturated heterocycles. The van der Waals surface area contributed by atoms with Crippen molar-refractivity contribution in [1.29, 1.82) is 0 Å². The number of hydrogen-bond donors (Lipinski definition) is 1. The van der Waals surface area contributed by atoms with Crippen molar-refractivity contribution in [2.24, 2.45) is 0 Å². The van der Waals surface area contributed by atoms with Crippen LogP contribution in [0.1, 0.15) is 10.4 Å². The van der Waals surface area contributed by atoms with Crippen molar-refractivity contribution in [3.63, 3.8) is 0 Å². The first-order chi connectivity index (χ1) is 12.3. The fraction of sp³-hybridized carbons (Fsp3) is 0. The maximum Gasteiger partial charge on any atom is 0.257 e. The molecular weight excluding hydrogens is 312 g/mol. The molecule has 0 bridgehead atoms. The number of anilines is 1. The van der Waals surface area contributed by atoms with Gasteiger partial charge in [-0.2, -0.15) is 0 Å². The lowest BCUT2D eigenvalue weighted by atomic mass is 10.2. The minimum absolute atomic E-state index is 0.225. The Morgan fingerprint density at radius 1 is 0.800 bits per heavy atom. The summed E-state index contributed by atoms with van der Waals surface area (Å²) in [6, 6.07) is 18.8. The number of fused-ring (bicyclic) bond motifs is 1. The van der Waals surface area contributed by atoms with E-state index < -0.39 is 0 Å². The lowest BCUT2D eigenvalue weighted by Gasteiger charge is -2.06. The maximum absolute atomic E-state index is 12.4. The highest BCUT2D eigenvalue weighted by molar-refractivity contribution is 6.04. The summed E-state index contributed by atoms with van der Waals surface area (Å²) in [5.74, 6) is -0.225. The van der Waals surface area contributed by atoms with Crippen LogP contribution in [0.5, 0.6) is 0 Å². The van der Waals surface area contributed by atoms with Gasteiger partial charge in [-0.3, -0.25) is 19.7 Å². The standard InChI is InChI=1S/C20H14N4O/c25-20(24-16-11-14-5-1-2-6-17(14)23-13-16)15-8-9-19(22-12-15)18-7-3-4-10-21-18/h1-13H,(H,24,25). The van der Waals surface area contributed by atoms with E-state index in [9.17, 15) is 4.79 Å². The van der Waals surface area contributed by atoms with Crippen LogP contribution in [0.25, 0.3) is 22.3 Å². The molecule has 0 aliphatic carbocycles. The molecular formula is C20H14N4O. The molecule has 1 N–H and O–H groups in total. The first kappa shape index (κ1) is 15.0. The molecule has 4 rings (SSSR count). The van der Waals surface area contributed by atoms with Crippen molar-refractivity contribution < 1.29 is 4.79 Å². The monoisotopic (exact) mass is 326 g/mol. The number of para-hydroxylation sites is 1. The zero-order chi connectivity index (χ0) is 17.1. The molecule has 0 unspecified atom stereocenters. The van der Waals surface area contributed by atoms with E-state index in [-0.39, 0.29) is 5.91 Å². The minimum atomic E-state index is -0.225. The second kappa shape index (κ2) is 6.49. The molecule has 0 fully saturated rings. The number of pyridine rings is 3. The average Bonchev–Trinajstić information content (AvgIpc) is 2.69. The first-order valence-electron chi connectivity index (χ1n) is 7.83. The number of nitrogens with one attached hydrogen (secondary N) is 1. The zero-order valence-electron chi connectivity index (χ0n) is 13.3. The molecule has 5 nitrogen and oxygen atoms in total. The Morgan fingerprint density at radius 2 is 1.64 bits per heavy atom. The van der Waals surface area contributed by atoms with Crippen LogP contribution in [0.3, 0.4) is 0 Å². The number of carbonyl (C=O) groups is 1. The van der Waals surface area contributed by atoms with Gasteiger partial charge in [0, 0.05) is 17.8 Å². The molecule has 0 spiro atoms. The van der Waals surface area contributed by atoms with Crippen molar-refractivity contribution in [3.8, 4) is 11.4 Å². The fourth-order valence-corrected chi connectivity index (χ4v) is 2.54. The number of benzene rings is 1. The molecule has 1 amide bonds. The summed E-state index contributed by atoms with van der Waals surface area (Å²) in [5.41, 5.74) is 3.52. The van der Waals surface area contributed by atoms with E-state index in [0.29, 0.717) is 11.3 Å². The quantitative estimate of drug-likeness (QED) is 0.619. The number of rotatable bonds is 3. The highest BCUT2D eigenvalue weighted by Crippen LogP contribution is 2.18. The van der Waals surface area contributed by atoms with Gasteiger partial charge in [-0.15, -0.1) is 0 Å². The Hall–Kier alpha value is -3.60. The predicted octanol–water partition coefficient (Wildman–Crippen LogP) is 3.94. The van der Waals surface area contributed by atoms with Gasteiger partial charge >= 0.3 is 0 Å². The number of hydrogen-bond acceptors (Lipinski definition) is 4. The molecule has 3 heterocycles. The highest BCUT2D eigenvalue weighted by atomic mass is 16.1. The van der Waals surface area contributed by atoms with Gasteiger partial charge in [0.2, 0.25) is 0 Å². The number of carbonyl (C=O) groups excluding carboxylic acids is 1. The third kappa shape index (κ3) is 3.21. The lowest BCUT2D eigenvalue weighted by molar-refractivity contribution is 0.102. The fourth-order valence-electron chi connectivity index (χ4n) is 2.54. The summed E-state index contributed by atoms with van der Waals surface area (Å²) in [6.07, 6.45) is 4.91. The predicted molar refractivity (Wildman–Crippen MR) is 97.2 cm³/mol. The van der Waals surface area contributed by atoms with E-state index in [4.69, 9.17) is 0 Å². The van der Waals surface area contributed by atoms with E-state index in [1.165, 1.54) is 0 Å². The molecule has 120 valence electrons. The topological polar surface area (TPSA) is 67.8 Å². The second-order valence-corrected chi connectivity index (χ2v) is 5.52. The first-order valence-corrected chi connectivity index (χ1v) is 7.83. The van der Waals surface area contributed by atoms with E-state index in [1.54, 1.807) is 30.7 Å². The summed E-state index contributed by atoms with van der Waals surface area (Å²) in [4.78, 5) is 25.3. The molecule has 25 heavy (non-hydrogen) atoms. The number of aromatic nitrogens is 3. The van der Waals surface area contributed by atoms with Gasteiger partial charge in [0.1, 0.15) is 0 Å². The van der Waals surface area contributed by atoms with Crippen LogP contribution in [-0.2, 0) is 0 Å². The van der Waals surface area contributed by atoms with Crippen LogP contribution in [-0.4, -0.2) is 20.9 Å². The van der Waals surface area contributed by atoms with Gasteiger partial charge in [-0.25, -0.2) is 0 Å². The summed E-state index contributed by atoms with van der Waals surface area (Å²) < 4.78 is 0. The SMILES string of the molecule is O=C(Nc1cnc2ccccc2c1)c1ccc(-c2ccccn2)nc1. The smallest absolute Gasteiger partial charge is 0.257 e. The van der Waals surface area contributed by atoms with Gasteiger partial charge in [0.05, 0.1) is 34.4 Å². The van der Waals surface area contributed by atoms with Gasteiger partial charge in [-0.1, -0.05) is 24.3 Å². The van der Waals surface area contributed by atoms with E-state index in [0.717, 1.165) is 22.3 Å². The zero-order valence-corrected chi connectivity index (χ0v) is 13.3. The van der Waals surface area contributed by atoms with Crippen LogP contribution in [0.15, 0.2) is 79.3 Å². The van der Waals surface area contributed by atoms with E-state index in [2.05, 4.69) is 20.3 Å². The van der Waals surface area contributed by atoms with Crippen LogP contribution >= 0.6 is 0 Å². The van der Waals surface area contributed by atoms with E-state index >= 15 is 0 Å². The maximum atomic E-state index is 12.4. The van der Waals surface area contributed by atoms with Crippen molar-refractivity contribution >= 4 is 22.5 Å². The van der Waals surface area contributed by atoms with Crippen LogP contribution in [0.4, 0.5) is 5.69 Å². The molecule has 3 aromatic heterocycles. The summed E-state index contributed by atoms with van der Waals surface area (Å²) in [5, 5.41) is 3.83. The summed E-state index contributed by atoms with van der Waals surface area (Å²) >= 11 is 0. The Balaban J connectivity index is 1.54. The molecule has 0 aliphatic rings. The van der Waals surface area contributed by atoms with E-state index in [1.807, 2.05) is 48.5 Å². The number of amides is 1. The van der Waals surface area contributed by atoms with Crippen molar-refractivity contribution in [3.05, 3.63) is 84.8 Å². The average molecular weight is 326 g/mol. The largest absolute Gasteiger partial charge is 0.321 e. The Kier molecular flexibility index (Phi) is 3.88. The molecule has 0 aliphatic heterocycles. The van der Waals surface area contributed by atoms with Crippen LogP contribution < -0.4 is 5.32 Å². The van der Waals surface area contributed by atoms with Crippen molar-refractivity contribution in [2.45, 2.75) is 0 Å². The van der Waals surface area contributed by atoms with Gasteiger partial charge in [0.15, 0.2) is 0 Å². The summed E-state index contributed by atoms with van der Waals surface area (Å²) in [7, 11) is 0. The number of nitrogens with zero attached hydrogens (tertiary/aromatic N) is 3. The third-order valence-electron chi connectivity index (χ3n) is 3.80. The lowest BCUT2D eigenvalue weighted by Crippen LogP contribution is -2.12. The molecule has 0 radical (unpaired) electrons. The third-order valence-corrected chi connectivity index (χ3v) is 3.80. The highest BCUT2D eigenvalue weighted by Gasteiger charge is 2.08. The normalized spacial score (nSPS) is 10.6. The summed E-state index contributed by atoms with van der Waals surface area (Å²) in [6.45, 7) is 0. The van der Waals surface area contributed by atoms with Gasteiger partial charge in [0.25, 0.3) is 5.91 Å². The van der Waals surface area contributed by atoms with Crippen LogP contribution in [0, 0.1) is 0 Å². The molecule has 5 heteroatoms. The minimum Gasteiger partial charge on any atom is -0.321 e. The molecule has 1 aromatic carbocycles. The molecule has 4 aromatic rings. The Bertz CT molecular complexity index is 1030. The molecule has 0 atom stereocenters. The Labute approximate surface area is 144 Å². The van der Waals surface area contributed by atoms with Crippen molar-refractivity contribution in [1.82, 2.24) is 15.0 Å². The van der Waals surface area contributed by atoms with Gasteiger partial charge < -0.3 is 5.32 Å². The second-order valence-electron chi connectivity index (χ2n) is 5.52. The Morgan fingerprint density at radius 3 is 2.44 bits per heavy atom.